The second-order valence-electron chi connectivity index (χ2n) is 8.22. The molecule has 2 aromatic rings. The Morgan fingerprint density at radius 2 is 1.97 bits per heavy atom. The molecule has 0 saturated carbocycles. The molecule has 3 N–H and O–H groups in total. The van der Waals surface area contributed by atoms with Crippen LogP contribution in [0.25, 0.3) is 12.2 Å². The minimum atomic E-state index is -0.572. The van der Waals surface area contributed by atoms with Gasteiger partial charge in [-0.2, -0.15) is 15.0 Å². The summed E-state index contributed by atoms with van der Waals surface area (Å²) in [6.07, 6.45) is 9.08. The number of anilines is 2. The van der Waals surface area contributed by atoms with Gasteiger partial charge >= 0.3 is 0 Å². The van der Waals surface area contributed by atoms with Crippen molar-refractivity contribution in [2.24, 2.45) is 4.99 Å². The van der Waals surface area contributed by atoms with E-state index >= 15 is 0 Å². The molecule has 0 aliphatic carbocycles. The number of ether oxygens (including phenoxy) is 1. The van der Waals surface area contributed by atoms with Gasteiger partial charge in [0.05, 0.1) is 25.9 Å². The number of hydrogen-bond acceptors (Lipinski definition) is 9. The van der Waals surface area contributed by atoms with Crippen LogP contribution in [0, 0.1) is 0 Å². The number of benzene rings is 1. The molecule has 0 bridgehead atoms. The van der Waals surface area contributed by atoms with Crippen molar-refractivity contribution in [3.05, 3.63) is 64.5 Å². The topological polar surface area (TPSA) is 108 Å². The van der Waals surface area contributed by atoms with Crippen molar-refractivity contribution in [1.29, 1.82) is 0 Å². The molecule has 10 heteroatoms. The quantitative estimate of drug-likeness (QED) is 0.487. The van der Waals surface area contributed by atoms with Crippen LogP contribution in [0.4, 0.5) is 11.9 Å². The normalized spacial score (nSPS) is 17.6. The maximum atomic E-state index is 10.5. The van der Waals surface area contributed by atoms with Crippen molar-refractivity contribution in [2.45, 2.75) is 13.0 Å². The molecule has 0 spiro atoms. The van der Waals surface area contributed by atoms with Crippen molar-refractivity contribution in [3.63, 3.8) is 0 Å². The number of aliphatic imine (C=N–C) groups is 1. The van der Waals surface area contributed by atoms with Gasteiger partial charge in [-0.05, 0) is 42.3 Å². The Kier molecular flexibility index (Phi) is 8.96. The molecule has 1 atom stereocenters. The number of nitrogens with one attached hydrogen (secondary N) is 2. The van der Waals surface area contributed by atoms with Crippen LogP contribution in [0.15, 0.2) is 53.1 Å². The third kappa shape index (κ3) is 7.97. The van der Waals surface area contributed by atoms with Crippen LogP contribution < -0.4 is 10.6 Å². The molecule has 3 heterocycles. The van der Waals surface area contributed by atoms with E-state index in [-0.39, 0.29) is 0 Å². The van der Waals surface area contributed by atoms with E-state index < -0.39 is 6.10 Å². The fourth-order valence-electron chi connectivity index (χ4n) is 3.69. The number of aromatic nitrogens is 3. The molecule has 184 valence electrons. The zero-order chi connectivity index (χ0) is 24.5. The molecule has 2 aliphatic heterocycles. The second kappa shape index (κ2) is 12.6. The van der Waals surface area contributed by atoms with E-state index in [9.17, 15) is 5.11 Å². The summed E-state index contributed by atoms with van der Waals surface area (Å²) in [6, 6.07) is 7.52. The first-order chi connectivity index (χ1) is 17.1. The van der Waals surface area contributed by atoms with Crippen molar-refractivity contribution in [3.8, 4) is 0 Å². The number of halogens is 1. The Morgan fingerprint density at radius 3 is 2.77 bits per heavy atom. The van der Waals surface area contributed by atoms with Gasteiger partial charge in [-0.3, -0.25) is 9.89 Å². The smallest absolute Gasteiger partial charge is 0.233 e. The lowest BCUT2D eigenvalue weighted by Crippen LogP contribution is -2.42. The summed E-state index contributed by atoms with van der Waals surface area (Å²) >= 11 is 6.09. The highest BCUT2D eigenvalue weighted by Crippen LogP contribution is 2.15. The Labute approximate surface area is 210 Å². The number of nitrogens with zero attached hydrogens (tertiary/aromatic N) is 5. The number of rotatable bonds is 9. The summed E-state index contributed by atoms with van der Waals surface area (Å²) in [5, 5.41) is 17.5. The maximum absolute atomic E-state index is 10.5. The molecule has 2 aliphatic rings. The highest BCUT2D eigenvalue weighted by Gasteiger charge is 2.16. The van der Waals surface area contributed by atoms with Gasteiger partial charge in [-0.1, -0.05) is 42.0 Å². The number of allylic oxidation sites excluding steroid dienone is 1. The van der Waals surface area contributed by atoms with Crippen LogP contribution >= 0.6 is 11.6 Å². The van der Waals surface area contributed by atoms with Crippen LogP contribution in [-0.4, -0.2) is 82.8 Å². The lowest BCUT2D eigenvalue weighted by molar-refractivity contribution is 0.0171. The molecule has 0 radical (unpaired) electrons. The van der Waals surface area contributed by atoms with Crippen LogP contribution in [0.2, 0.25) is 5.02 Å². The summed E-state index contributed by atoms with van der Waals surface area (Å²) < 4.78 is 5.37. The van der Waals surface area contributed by atoms with Gasteiger partial charge in [0.1, 0.15) is 5.84 Å². The summed E-state index contributed by atoms with van der Waals surface area (Å²) in [7, 11) is 0. The summed E-state index contributed by atoms with van der Waals surface area (Å²) in [5.74, 6) is 1.88. The second-order valence-corrected chi connectivity index (χ2v) is 8.66. The predicted octanol–water partition coefficient (Wildman–Crippen LogP) is 3.13. The summed E-state index contributed by atoms with van der Waals surface area (Å²) in [5.41, 5.74) is 2.04. The van der Waals surface area contributed by atoms with Gasteiger partial charge in [-0.25, -0.2) is 0 Å². The molecule has 9 nitrogen and oxygen atoms in total. The first-order valence-corrected chi connectivity index (χ1v) is 12.0. The molecule has 4 rings (SSSR count). The van der Waals surface area contributed by atoms with Crippen molar-refractivity contribution < 1.29 is 9.84 Å². The molecule has 0 amide bonds. The van der Waals surface area contributed by atoms with E-state index in [1.54, 1.807) is 6.08 Å². The average molecular weight is 496 g/mol. The Balaban J connectivity index is 1.48. The molecule has 35 heavy (non-hydrogen) atoms. The lowest BCUT2D eigenvalue weighted by atomic mass is 10.2. The van der Waals surface area contributed by atoms with Crippen LogP contribution in [-0.2, 0) is 4.74 Å². The molecule has 1 aromatic heterocycles. The molecule has 1 aromatic carbocycles. The van der Waals surface area contributed by atoms with Crippen molar-refractivity contribution in [1.82, 2.24) is 19.9 Å². The average Bonchev–Trinajstić information content (AvgIpc) is 3.29. The van der Waals surface area contributed by atoms with Gasteiger partial charge in [0.15, 0.2) is 5.82 Å². The first kappa shape index (κ1) is 25.0. The Morgan fingerprint density at radius 1 is 1.14 bits per heavy atom. The van der Waals surface area contributed by atoms with Gasteiger partial charge < -0.3 is 20.5 Å². The van der Waals surface area contributed by atoms with Gasteiger partial charge in [0.25, 0.3) is 0 Å². The molecule has 1 saturated heterocycles. The van der Waals surface area contributed by atoms with E-state index in [0.29, 0.717) is 61.4 Å². The first-order valence-electron chi connectivity index (χ1n) is 11.6. The fraction of sp³-hybridized carbons (Fsp3) is 0.360. The third-order valence-corrected chi connectivity index (χ3v) is 5.60. The molecule has 1 unspecified atom stereocenters. The van der Waals surface area contributed by atoms with E-state index in [4.69, 9.17) is 16.3 Å². The molecular weight excluding hydrogens is 466 g/mol. The summed E-state index contributed by atoms with van der Waals surface area (Å²) in [6.45, 7) is 6.48. The van der Waals surface area contributed by atoms with E-state index in [0.717, 1.165) is 24.2 Å². The zero-order valence-electron chi connectivity index (χ0n) is 19.7. The molecule has 1 fully saturated rings. The number of aliphatic hydroxyl groups excluding tert-OH is 1. The van der Waals surface area contributed by atoms with Gasteiger partial charge in [0, 0.05) is 31.2 Å². The lowest BCUT2D eigenvalue weighted by Gasteiger charge is -2.28. The number of aliphatic hydroxyl groups is 1. The van der Waals surface area contributed by atoms with Gasteiger partial charge in [-0.15, -0.1) is 0 Å². The van der Waals surface area contributed by atoms with Gasteiger partial charge in [0.2, 0.25) is 11.9 Å². The number of β-amino-alcohol motifs (C(OH)–C–C–N with tert-alkyl or cyclic N) is 1. The SMILES string of the molecule is C/C=C/C1=CC(Nc2nc(/C=C/c3cccc(Cl)c3)nc(NCC(O)CN3CCOCC3)n2)=NC1. The highest BCUT2D eigenvalue weighted by molar-refractivity contribution is 6.30. The van der Waals surface area contributed by atoms with E-state index in [1.165, 1.54) is 0 Å². The Hall–Kier alpha value is -3.11. The van der Waals surface area contributed by atoms with Crippen LogP contribution in [0.1, 0.15) is 18.3 Å². The van der Waals surface area contributed by atoms with E-state index in [1.807, 2.05) is 55.5 Å². The molecular formula is C25H30ClN7O2. The van der Waals surface area contributed by atoms with Crippen LogP contribution in [0.3, 0.4) is 0 Å². The zero-order valence-corrected chi connectivity index (χ0v) is 20.4. The van der Waals surface area contributed by atoms with E-state index in [2.05, 4.69) is 35.5 Å². The minimum absolute atomic E-state index is 0.310. The highest BCUT2D eigenvalue weighted by atomic mass is 35.5. The Bertz CT molecular complexity index is 1130. The van der Waals surface area contributed by atoms with Crippen molar-refractivity contribution in [2.75, 3.05) is 56.6 Å². The fourth-order valence-corrected chi connectivity index (χ4v) is 3.89. The number of morpholine rings is 1. The minimum Gasteiger partial charge on any atom is -0.390 e. The number of amidine groups is 1. The largest absolute Gasteiger partial charge is 0.390 e. The van der Waals surface area contributed by atoms with Crippen LogP contribution in [0.5, 0.6) is 0 Å². The predicted molar refractivity (Wildman–Crippen MR) is 141 cm³/mol. The number of hydrogen-bond donors (Lipinski definition) is 3. The van der Waals surface area contributed by atoms with Crippen molar-refractivity contribution >= 4 is 41.5 Å². The third-order valence-electron chi connectivity index (χ3n) is 5.37. The summed E-state index contributed by atoms with van der Waals surface area (Å²) in [4.78, 5) is 20.2. The monoisotopic (exact) mass is 495 g/mol. The standard InChI is InChI=1S/C25H30ClN7O2/c1-2-4-19-14-23(27-15-19)31-25-30-22(8-7-18-5-3-6-20(26)13-18)29-24(32-25)28-16-21(34)17-33-9-11-35-12-10-33/h2-8,13-14,21,34H,9-12,15-17H2,1H3,(H2,27,28,29,30,31,32)/b4-2+,8-7+. The maximum Gasteiger partial charge on any atom is 0.233 e.